The number of anilines is 1. The number of carbonyl (C=O) groups is 1. The fraction of sp³-hybridized carbons (Fsp3) is 0.367. The van der Waals surface area contributed by atoms with Crippen molar-refractivity contribution in [2.45, 2.75) is 64.0 Å². The Labute approximate surface area is 203 Å². The second kappa shape index (κ2) is 10.9. The fourth-order valence-corrected chi connectivity index (χ4v) is 4.73. The van der Waals surface area contributed by atoms with E-state index in [0.717, 1.165) is 12.1 Å². The Morgan fingerprint density at radius 3 is 1.79 bits per heavy atom. The number of benzene rings is 3. The zero-order valence-electron chi connectivity index (χ0n) is 20.6. The van der Waals surface area contributed by atoms with Gasteiger partial charge in [0.05, 0.1) is 0 Å². The molecule has 4 nitrogen and oxygen atoms in total. The molecule has 34 heavy (non-hydrogen) atoms. The average Bonchev–Trinajstić information content (AvgIpc) is 3.28. The van der Waals surface area contributed by atoms with Gasteiger partial charge < -0.3 is 10.1 Å². The minimum atomic E-state index is -0.405. The number of rotatable bonds is 7. The largest absolute Gasteiger partial charge is 0.445 e. The highest BCUT2D eigenvalue weighted by atomic mass is 16.6. The van der Waals surface area contributed by atoms with E-state index in [1.165, 1.54) is 22.3 Å². The first-order valence-electron chi connectivity index (χ1n) is 12.4. The number of nitrogens with one attached hydrogen (secondary N) is 2. The maximum absolute atomic E-state index is 12.4. The third-order valence-electron chi connectivity index (χ3n) is 6.75. The topological polar surface area (TPSA) is 50.4 Å². The molecule has 1 amide bonds. The third kappa shape index (κ3) is 5.87. The van der Waals surface area contributed by atoms with Crippen LogP contribution >= 0.6 is 0 Å². The number of ether oxygens (including phenoxy) is 1. The highest BCUT2D eigenvalue weighted by Gasteiger charge is 2.34. The highest BCUT2D eigenvalue weighted by Crippen LogP contribution is 2.34. The first-order chi connectivity index (χ1) is 16.4. The van der Waals surface area contributed by atoms with Crippen molar-refractivity contribution in [2.75, 3.05) is 11.9 Å². The lowest BCUT2D eigenvalue weighted by Crippen LogP contribution is -2.29. The van der Waals surface area contributed by atoms with Gasteiger partial charge in [-0.1, -0.05) is 94.4 Å². The summed E-state index contributed by atoms with van der Waals surface area (Å²) in [6.45, 7) is 9.53. The molecule has 0 unspecified atom stereocenters. The second-order valence-corrected chi connectivity index (χ2v) is 9.89. The fourth-order valence-electron chi connectivity index (χ4n) is 4.73. The Morgan fingerprint density at radius 1 is 0.794 bits per heavy atom. The van der Waals surface area contributed by atoms with E-state index in [1.807, 2.05) is 30.3 Å². The van der Waals surface area contributed by atoms with E-state index in [1.54, 1.807) is 0 Å². The standard InChI is InChI=1S/C30H36N2O2/c1-20(2)22-10-14-24(15-11-22)29(25-16-12-23(13-17-25)21(3)4)28-18-27(19-31-28)34-30(33)32-26-8-6-5-7-9-26/h5-17,20-21,27-29,31H,18-19H2,1-4H3,(H,32,33)/t27-,28-/m1/s1. The van der Waals surface area contributed by atoms with Crippen LogP contribution in [0.3, 0.4) is 0 Å². The molecule has 3 aromatic rings. The normalized spacial score (nSPS) is 18.0. The molecule has 1 fully saturated rings. The molecule has 1 aliphatic rings. The zero-order valence-corrected chi connectivity index (χ0v) is 20.6. The molecule has 4 rings (SSSR count). The van der Waals surface area contributed by atoms with Crippen LogP contribution in [0.4, 0.5) is 10.5 Å². The van der Waals surface area contributed by atoms with Crippen molar-refractivity contribution in [1.29, 1.82) is 0 Å². The van der Waals surface area contributed by atoms with Crippen LogP contribution in [0.15, 0.2) is 78.9 Å². The van der Waals surface area contributed by atoms with Gasteiger partial charge in [0.2, 0.25) is 0 Å². The van der Waals surface area contributed by atoms with Gasteiger partial charge in [-0.3, -0.25) is 5.32 Å². The molecular weight excluding hydrogens is 420 g/mol. The van der Waals surface area contributed by atoms with Crippen LogP contribution in [0.5, 0.6) is 0 Å². The molecule has 0 aromatic heterocycles. The molecule has 1 saturated heterocycles. The molecule has 0 radical (unpaired) electrons. The van der Waals surface area contributed by atoms with E-state index in [0.29, 0.717) is 18.4 Å². The van der Waals surface area contributed by atoms with Crippen LogP contribution in [-0.4, -0.2) is 24.8 Å². The van der Waals surface area contributed by atoms with E-state index in [9.17, 15) is 4.79 Å². The molecule has 1 aliphatic heterocycles. The summed E-state index contributed by atoms with van der Waals surface area (Å²) in [6.07, 6.45) is 0.198. The Kier molecular flexibility index (Phi) is 7.69. The SMILES string of the molecule is CC(C)c1ccc(C(c2ccc(C(C)C)cc2)[C@H]2C[C@@H](OC(=O)Nc3ccccc3)CN2)cc1. The Bertz CT molecular complexity index is 1010. The van der Waals surface area contributed by atoms with Gasteiger partial charge in [0.15, 0.2) is 0 Å². The van der Waals surface area contributed by atoms with Gasteiger partial charge in [0, 0.05) is 30.6 Å². The lowest BCUT2D eigenvalue weighted by atomic mass is 9.82. The molecular formula is C30H36N2O2. The Morgan fingerprint density at radius 2 is 1.29 bits per heavy atom. The van der Waals surface area contributed by atoms with Crippen LogP contribution < -0.4 is 10.6 Å². The van der Waals surface area contributed by atoms with Gasteiger partial charge >= 0.3 is 6.09 Å². The number of hydrogen-bond donors (Lipinski definition) is 2. The van der Waals surface area contributed by atoms with E-state index >= 15 is 0 Å². The first kappa shape index (κ1) is 24.0. The molecule has 178 valence electrons. The molecule has 2 N–H and O–H groups in total. The average molecular weight is 457 g/mol. The zero-order chi connectivity index (χ0) is 24.1. The highest BCUT2D eigenvalue weighted by molar-refractivity contribution is 5.84. The lowest BCUT2D eigenvalue weighted by Gasteiger charge is -2.26. The summed E-state index contributed by atoms with van der Waals surface area (Å²) in [5, 5.41) is 6.46. The minimum Gasteiger partial charge on any atom is -0.445 e. The number of para-hydroxylation sites is 1. The monoisotopic (exact) mass is 456 g/mol. The number of amides is 1. The maximum Gasteiger partial charge on any atom is 0.411 e. The molecule has 0 spiro atoms. The predicted molar refractivity (Wildman–Crippen MR) is 140 cm³/mol. The number of carbonyl (C=O) groups excluding carboxylic acids is 1. The summed E-state index contributed by atoms with van der Waals surface area (Å²) in [7, 11) is 0. The summed E-state index contributed by atoms with van der Waals surface area (Å²) in [6, 6.07) is 27.6. The van der Waals surface area contributed by atoms with Crippen LogP contribution in [0.2, 0.25) is 0 Å². The van der Waals surface area contributed by atoms with Crippen LogP contribution in [0.25, 0.3) is 0 Å². The minimum absolute atomic E-state index is 0.166. The van der Waals surface area contributed by atoms with Gasteiger partial charge in [-0.15, -0.1) is 0 Å². The molecule has 1 heterocycles. The molecule has 0 saturated carbocycles. The maximum atomic E-state index is 12.4. The van der Waals surface area contributed by atoms with Crippen LogP contribution in [0.1, 0.15) is 74.1 Å². The van der Waals surface area contributed by atoms with Gasteiger partial charge in [-0.25, -0.2) is 4.79 Å². The van der Waals surface area contributed by atoms with Crippen molar-refractivity contribution >= 4 is 11.8 Å². The molecule has 0 aliphatic carbocycles. The Balaban J connectivity index is 1.51. The quantitative estimate of drug-likeness (QED) is 0.401. The lowest BCUT2D eigenvalue weighted by molar-refractivity contribution is 0.119. The van der Waals surface area contributed by atoms with Crippen molar-refractivity contribution in [3.8, 4) is 0 Å². The predicted octanol–water partition coefficient (Wildman–Crippen LogP) is 7.04. The van der Waals surface area contributed by atoms with E-state index in [2.05, 4.69) is 86.9 Å². The summed E-state index contributed by atoms with van der Waals surface area (Å²) in [5.74, 6) is 1.19. The second-order valence-electron chi connectivity index (χ2n) is 9.89. The summed E-state index contributed by atoms with van der Waals surface area (Å²) < 4.78 is 5.76. The van der Waals surface area contributed by atoms with Gasteiger partial charge in [-0.05, 0) is 46.2 Å². The van der Waals surface area contributed by atoms with Crippen molar-refractivity contribution in [3.05, 3.63) is 101 Å². The first-order valence-corrected chi connectivity index (χ1v) is 12.4. The Hall–Kier alpha value is -3.11. The van der Waals surface area contributed by atoms with Crippen LogP contribution in [-0.2, 0) is 4.74 Å². The molecule has 4 heteroatoms. The number of hydrogen-bond acceptors (Lipinski definition) is 3. The smallest absolute Gasteiger partial charge is 0.411 e. The van der Waals surface area contributed by atoms with E-state index in [4.69, 9.17) is 4.74 Å². The van der Waals surface area contributed by atoms with E-state index in [-0.39, 0.29) is 18.1 Å². The third-order valence-corrected chi connectivity index (χ3v) is 6.75. The van der Waals surface area contributed by atoms with Gasteiger partial charge in [0.1, 0.15) is 6.10 Å². The van der Waals surface area contributed by atoms with Gasteiger partial charge in [-0.2, -0.15) is 0 Å². The molecule has 2 atom stereocenters. The van der Waals surface area contributed by atoms with Gasteiger partial charge in [0.25, 0.3) is 0 Å². The molecule has 0 bridgehead atoms. The molecule has 3 aromatic carbocycles. The summed E-state index contributed by atoms with van der Waals surface area (Å²) in [4.78, 5) is 12.4. The van der Waals surface area contributed by atoms with Crippen LogP contribution in [0, 0.1) is 0 Å². The van der Waals surface area contributed by atoms with Crippen molar-refractivity contribution in [2.24, 2.45) is 0 Å². The van der Waals surface area contributed by atoms with Crippen molar-refractivity contribution in [1.82, 2.24) is 5.32 Å². The summed E-state index contributed by atoms with van der Waals surface area (Å²) >= 11 is 0. The van der Waals surface area contributed by atoms with Crippen molar-refractivity contribution in [3.63, 3.8) is 0 Å². The summed E-state index contributed by atoms with van der Waals surface area (Å²) in [5.41, 5.74) is 6.00. The van der Waals surface area contributed by atoms with E-state index < -0.39 is 6.09 Å². The van der Waals surface area contributed by atoms with Crippen molar-refractivity contribution < 1.29 is 9.53 Å².